The van der Waals surface area contributed by atoms with E-state index in [2.05, 4.69) is 20.2 Å². The number of benzene rings is 1. The molecule has 3 heterocycles. The van der Waals surface area contributed by atoms with Crippen LogP contribution in [0.15, 0.2) is 67.3 Å². The lowest BCUT2D eigenvalue weighted by Gasteiger charge is -2.35. The van der Waals surface area contributed by atoms with Gasteiger partial charge in [-0.2, -0.15) is 0 Å². The molecule has 1 fully saturated rings. The van der Waals surface area contributed by atoms with Crippen molar-refractivity contribution in [1.29, 1.82) is 0 Å². The van der Waals surface area contributed by atoms with E-state index in [0.29, 0.717) is 13.1 Å². The Balaban J connectivity index is 1.38. The summed E-state index contributed by atoms with van der Waals surface area (Å²) < 4.78 is 1.95. The summed E-state index contributed by atoms with van der Waals surface area (Å²) in [6.45, 7) is 2.79. The van der Waals surface area contributed by atoms with Crippen molar-refractivity contribution in [3.05, 3.63) is 67.3 Å². The third-order valence-electron chi connectivity index (χ3n) is 4.42. The van der Waals surface area contributed by atoms with Gasteiger partial charge in [0.25, 0.3) is 0 Å². The Kier molecular flexibility index (Phi) is 4.51. The van der Waals surface area contributed by atoms with Crippen LogP contribution < -0.4 is 10.2 Å². The molecule has 132 valence electrons. The van der Waals surface area contributed by atoms with Crippen molar-refractivity contribution in [3.63, 3.8) is 0 Å². The van der Waals surface area contributed by atoms with Gasteiger partial charge in [0.1, 0.15) is 18.0 Å². The van der Waals surface area contributed by atoms with E-state index < -0.39 is 0 Å². The Morgan fingerprint density at radius 3 is 2.31 bits per heavy atom. The fourth-order valence-electron chi connectivity index (χ4n) is 3.00. The molecule has 1 aromatic carbocycles. The van der Waals surface area contributed by atoms with E-state index in [0.717, 1.165) is 30.4 Å². The van der Waals surface area contributed by atoms with E-state index >= 15 is 0 Å². The Morgan fingerprint density at radius 2 is 1.58 bits per heavy atom. The van der Waals surface area contributed by atoms with Gasteiger partial charge in [-0.25, -0.2) is 14.8 Å². The van der Waals surface area contributed by atoms with Gasteiger partial charge < -0.3 is 19.7 Å². The topological polar surface area (TPSA) is 66.3 Å². The maximum Gasteiger partial charge on any atom is 0.321 e. The molecule has 0 atom stereocenters. The van der Waals surface area contributed by atoms with Crippen LogP contribution in [0.2, 0.25) is 0 Å². The van der Waals surface area contributed by atoms with Gasteiger partial charge in [0.2, 0.25) is 0 Å². The molecular weight excluding hydrogens is 328 g/mol. The largest absolute Gasteiger partial charge is 0.353 e. The first-order chi connectivity index (χ1) is 12.8. The van der Waals surface area contributed by atoms with Crippen molar-refractivity contribution in [3.8, 4) is 5.82 Å². The first kappa shape index (κ1) is 16.1. The molecule has 7 heteroatoms. The van der Waals surface area contributed by atoms with E-state index in [4.69, 9.17) is 0 Å². The Morgan fingerprint density at radius 1 is 0.885 bits per heavy atom. The van der Waals surface area contributed by atoms with Gasteiger partial charge in [-0.1, -0.05) is 18.2 Å². The van der Waals surface area contributed by atoms with Gasteiger partial charge in [0.15, 0.2) is 0 Å². The highest BCUT2D eigenvalue weighted by molar-refractivity contribution is 5.89. The maximum atomic E-state index is 12.4. The van der Waals surface area contributed by atoms with Crippen molar-refractivity contribution < 1.29 is 4.79 Å². The summed E-state index contributed by atoms with van der Waals surface area (Å²) in [6.07, 6.45) is 5.50. The summed E-state index contributed by atoms with van der Waals surface area (Å²) in [5, 5.41) is 2.93. The molecule has 0 bridgehead atoms. The fourth-order valence-corrected chi connectivity index (χ4v) is 3.00. The van der Waals surface area contributed by atoms with E-state index in [1.165, 1.54) is 0 Å². The minimum absolute atomic E-state index is 0.0634. The van der Waals surface area contributed by atoms with Crippen LogP contribution in [0.5, 0.6) is 0 Å². The molecule has 2 aromatic heterocycles. The van der Waals surface area contributed by atoms with Gasteiger partial charge in [-0.15, -0.1) is 0 Å². The lowest BCUT2D eigenvalue weighted by molar-refractivity contribution is 0.208. The lowest BCUT2D eigenvalue weighted by Crippen LogP contribution is -2.50. The van der Waals surface area contributed by atoms with Crippen molar-refractivity contribution in [1.82, 2.24) is 19.4 Å². The summed E-state index contributed by atoms with van der Waals surface area (Å²) in [7, 11) is 0. The van der Waals surface area contributed by atoms with Crippen molar-refractivity contribution >= 4 is 17.5 Å². The molecule has 2 amide bonds. The number of hydrogen-bond acceptors (Lipinski definition) is 4. The number of carbonyl (C=O) groups excluding carboxylic acids is 1. The third-order valence-corrected chi connectivity index (χ3v) is 4.42. The third kappa shape index (κ3) is 3.51. The Labute approximate surface area is 151 Å². The van der Waals surface area contributed by atoms with Crippen LogP contribution in [0.4, 0.5) is 16.3 Å². The van der Waals surface area contributed by atoms with Crippen LogP contribution in [0, 0.1) is 0 Å². The predicted octanol–water partition coefficient (Wildman–Crippen LogP) is 2.62. The van der Waals surface area contributed by atoms with Gasteiger partial charge in [-0.05, 0) is 24.3 Å². The SMILES string of the molecule is O=C(Nc1ccccc1)N1CCN(c2cc(-n3cccc3)ncn2)CC1. The van der Waals surface area contributed by atoms with Gasteiger partial charge in [-0.3, -0.25) is 0 Å². The molecule has 0 aliphatic carbocycles. The molecule has 0 unspecified atom stereocenters. The number of piperazine rings is 1. The fraction of sp³-hybridized carbons (Fsp3) is 0.211. The number of amides is 2. The smallest absolute Gasteiger partial charge is 0.321 e. The van der Waals surface area contributed by atoms with Crippen molar-refractivity contribution in [2.45, 2.75) is 0 Å². The summed E-state index contributed by atoms with van der Waals surface area (Å²) >= 11 is 0. The molecule has 1 N–H and O–H groups in total. The molecule has 3 aromatic rings. The minimum atomic E-state index is -0.0634. The zero-order valence-corrected chi connectivity index (χ0v) is 14.3. The monoisotopic (exact) mass is 348 g/mol. The second kappa shape index (κ2) is 7.26. The molecule has 1 saturated heterocycles. The summed E-state index contributed by atoms with van der Waals surface area (Å²) in [4.78, 5) is 25.1. The zero-order chi connectivity index (χ0) is 17.8. The van der Waals surface area contributed by atoms with E-state index in [9.17, 15) is 4.79 Å². The summed E-state index contributed by atoms with van der Waals surface area (Å²) in [5.41, 5.74) is 0.812. The van der Waals surface area contributed by atoms with Crippen LogP contribution in [0.1, 0.15) is 0 Å². The summed E-state index contributed by atoms with van der Waals surface area (Å²) in [5.74, 6) is 1.72. The highest BCUT2D eigenvalue weighted by Gasteiger charge is 2.22. The number of para-hydroxylation sites is 1. The quantitative estimate of drug-likeness (QED) is 0.790. The molecule has 7 nitrogen and oxygen atoms in total. The van der Waals surface area contributed by atoms with E-state index in [-0.39, 0.29) is 6.03 Å². The Hall–Kier alpha value is -3.35. The second-order valence-electron chi connectivity index (χ2n) is 6.09. The number of nitrogens with zero attached hydrogens (tertiary/aromatic N) is 5. The average Bonchev–Trinajstić information content (AvgIpc) is 3.24. The number of rotatable bonds is 3. The molecule has 0 saturated carbocycles. The highest BCUT2D eigenvalue weighted by Crippen LogP contribution is 2.17. The standard InChI is InChI=1S/C19H20N6O/c26-19(22-16-6-2-1-3-7-16)25-12-10-24(11-13-25)18-14-17(20-15-21-18)23-8-4-5-9-23/h1-9,14-15H,10-13H2,(H,22,26). The zero-order valence-electron chi connectivity index (χ0n) is 14.3. The van der Waals surface area contributed by atoms with Gasteiger partial charge in [0, 0.05) is 50.3 Å². The average molecular weight is 348 g/mol. The normalized spacial score (nSPS) is 14.3. The first-order valence-electron chi connectivity index (χ1n) is 8.61. The number of nitrogens with one attached hydrogen (secondary N) is 1. The van der Waals surface area contributed by atoms with Gasteiger partial charge >= 0.3 is 6.03 Å². The second-order valence-corrected chi connectivity index (χ2v) is 6.09. The number of anilines is 2. The molecule has 0 radical (unpaired) electrons. The van der Waals surface area contributed by atoms with Crippen LogP contribution in [0.25, 0.3) is 5.82 Å². The Bertz CT molecular complexity index is 857. The van der Waals surface area contributed by atoms with Crippen molar-refractivity contribution in [2.24, 2.45) is 0 Å². The lowest BCUT2D eigenvalue weighted by atomic mass is 10.3. The number of hydrogen-bond donors (Lipinski definition) is 1. The first-order valence-corrected chi connectivity index (χ1v) is 8.61. The number of aromatic nitrogens is 3. The van der Waals surface area contributed by atoms with E-state index in [1.54, 1.807) is 6.33 Å². The number of urea groups is 1. The van der Waals surface area contributed by atoms with Crippen LogP contribution in [-0.2, 0) is 0 Å². The number of carbonyl (C=O) groups is 1. The molecule has 26 heavy (non-hydrogen) atoms. The minimum Gasteiger partial charge on any atom is -0.353 e. The molecule has 4 rings (SSSR count). The van der Waals surface area contributed by atoms with Crippen LogP contribution in [0.3, 0.4) is 0 Å². The van der Waals surface area contributed by atoms with Crippen LogP contribution >= 0.6 is 0 Å². The molecule has 1 aliphatic heterocycles. The summed E-state index contributed by atoms with van der Waals surface area (Å²) in [6, 6.07) is 15.4. The van der Waals surface area contributed by atoms with E-state index in [1.807, 2.05) is 70.4 Å². The van der Waals surface area contributed by atoms with Crippen molar-refractivity contribution in [2.75, 3.05) is 36.4 Å². The molecule has 1 aliphatic rings. The molecular formula is C19H20N6O. The van der Waals surface area contributed by atoms with Gasteiger partial charge in [0.05, 0.1) is 0 Å². The maximum absolute atomic E-state index is 12.4. The van der Waals surface area contributed by atoms with Crippen LogP contribution in [-0.4, -0.2) is 51.6 Å². The highest BCUT2D eigenvalue weighted by atomic mass is 16.2. The predicted molar refractivity (Wildman–Crippen MR) is 101 cm³/mol. The molecule has 0 spiro atoms.